The molecule has 0 aliphatic rings. The lowest BCUT2D eigenvalue weighted by molar-refractivity contribution is 0.164. The first kappa shape index (κ1) is 12.1. The quantitative estimate of drug-likeness (QED) is 0.790. The third-order valence-electron chi connectivity index (χ3n) is 3.09. The first-order chi connectivity index (χ1) is 8.31. The van der Waals surface area contributed by atoms with Gasteiger partial charge in [-0.05, 0) is 30.2 Å². The number of pyridine rings is 1. The molecule has 90 valence electrons. The zero-order valence-electron chi connectivity index (χ0n) is 10.3. The highest BCUT2D eigenvalue weighted by Gasteiger charge is 2.07. The van der Waals surface area contributed by atoms with Crippen LogP contribution in [0, 0.1) is 0 Å². The van der Waals surface area contributed by atoms with Crippen LogP contribution in [0.15, 0.2) is 36.5 Å². The molecule has 2 nitrogen and oxygen atoms in total. The fourth-order valence-corrected chi connectivity index (χ4v) is 2.06. The molecule has 0 aliphatic heterocycles. The van der Waals surface area contributed by atoms with Crippen molar-refractivity contribution >= 4 is 10.9 Å². The summed E-state index contributed by atoms with van der Waals surface area (Å²) < 4.78 is 0. The number of nitrogens with zero attached hydrogens (tertiary/aromatic N) is 1. The molecule has 1 atom stereocenters. The molecule has 1 heterocycles. The lowest BCUT2D eigenvalue weighted by atomic mass is 10.0. The van der Waals surface area contributed by atoms with Crippen molar-refractivity contribution in [1.29, 1.82) is 0 Å². The molecule has 0 spiro atoms. The molecule has 1 unspecified atom stereocenters. The summed E-state index contributed by atoms with van der Waals surface area (Å²) in [6.07, 6.45) is 5.76. The van der Waals surface area contributed by atoms with Gasteiger partial charge in [-0.2, -0.15) is 0 Å². The molecule has 0 bridgehead atoms. The Bertz CT molecular complexity index is 481. The van der Waals surface area contributed by atoms with Gasteiger partial charge < -0.3 is 5.11 Å². The number of fused-ring (bicyclic) bond motifs is 1. The minimum atomic E-state index is -0.342. The van der Waals surface area contributed by atoms with Crippen LogP contribution in [0.25, 0.3) is 10.9 Å². The lowest BCUT2D eigenvalue weighted by Gasteiger charge is -2.11. The molecular formula is C15H19NO. The van der Waals surface area contributed by atoms with E-state index in [1.54, 1.807) is 6.20 Å². The summed E-state index contributed by atoms with van der Waals surface area (Å²) in [6, 6.07) is 9.96. The molecule has 17 heavy (non-hydrogen) atoms. The smallest absolute Gasteiger partial charge is 0.0790 e. The average molecular weight is 229 g/mol. The van der Waals surface area contributed by atoms with Gasteiger partial charge in [0.25, 0.3) is 0 Å². The van der Waals surface area contributed by atoms with Crippen molar-refractivity contribution < 1.29 is 5.11 Å². The first-order valence-corrected chi connectivity index (χ1v) is 6.34. The Morgan fingerprint density at radius 1 is 1.24 bits per heavy atom. The van der Waals surface area contributed by atoms with E-state index < -0.39 is 0 Å². The topological polar surface area (TPSA) is 33.1 Å². The van der Waals surface area contributed by atoms with Crippen molar-refractivity contribution in [3.05, 3.63) is 42.1 Å². The van der Waals surface area contributed by atoms with Crippen LogP contribution in [-0.2, 0) is 0 Å². The second-order valence-corrected chi connectivity index (χ2v) is 4.47. The molecule has 0 radical (unpaired) electrons. The van der Waals surface area contributed by atoms with Gasteiger partial charge in [0.15, 0.2) is 0 Å². The van der Waals surface area contributed by atoms with E-state index in [9.17, 15) is 5.11 Å². The standard InChI is InChI=1S/C15H19NO/c1-2-3-4-7-15(17)13-8-9-14-12(11-13)6-5-10-16-14/h5-6,8-11,15,17H,2-4,7H2,1H3. The van der Waals surface area contributed by atoms with Crippen LogP contribution in [0.4, 0.5) is 0 Å². The van der Waals surface area contributed by atoms with E-state index in [0.717, 1.165) is 29.3 Å². The molecule has 2 rings (SSSR count). The highest BCUT2D eigenvalue weighted by molar-refractivity contribution is 5.78. The molecule has 2 heteroatoms. The number of aliphatic hydroxyl groups excluding tert-OH is 1. The number of rotatable bonds is 5. The minimum Gasteiger partial charge on any atom is -0.388 e. The van der Waals surface area contributed by atoms with Crippen LogP contribution in [-0.4, -0.2) is 10.1 Å². The maximum atomic E-state index is 10.1. The van der Waals surface area contributed by atoms with Crippen molar-refractivity contribution in [1.82, 2.24) is 4.98 Å². The number of hydrogen-bond donors (Lipinski definition) is 1. The largest absolute Gasteiger partial charge is 0.388 e. The van der Waals surface area contributed by atoms with Gasteiger partial charge in [0, 0.05) is 11.6 Å². The van der Waals surface area contributed by atoms with Gasteiger partial charge in [0.2, 0.25) is 0 Å². The number of aromatic nitrogens is 1. The molecule has 0 amide bonds. The first-order valence-electron chi connectivity index (χ1n) is 6.34. The number of benzene rings is 1. The Hall–Kier alpha value is -1.41. The fraction of sp³-hybridized carbons (Fsp3) is 0.400. The average Bonchev–Trinajstić information content (AvgIpc) is 2.38. The van der Waals surface area contributed by atoms with E-state index in [2.05, 4.69) is 11.9 Å². The number of unbranched alkanes of at least 4 members (excludes halogenated alkanes) is 2. The summed E-state index contributed by atoms with van der Waals surface area (Å²) in [5, 5.41) is 11.2. The van der Waals surface area contributed by atoms with Crippen LogP contribution < -0.4 is 0 Å². The Labute approximate surface area is 102 Å². The van der Waals surface area contributed by atoms with Gasteiger partial charge in [-0.25, -0.2) is 0 Å². The van der Waals surface area contributed by atoms with Crippen LogP contribution in [0.5, 0.6) is 0 Å². The van der Waals surface area contributed by atoms with Crippen LogP contribution in [0.3, 0.4) is 0 Å². The zero-order chi connectivity index (χ0) is 12.1. The summed E-state index contributed by atoms with van der Waals surface area (Å²) >= 11 is 0. The van der Waals surface area contributed by atoms with Crippen molar-refractivity contribution in [2.45, 2.75) is 38.7 Å². The SMILES string of the molecule is CCCCCC(O)c1ccc2ncccc2c1. The van der Waals surface area contributed by atoms with Crippen molar-refractivity contribution in [3.8, 4) is 0 Å². The lowest BCUT2D eigenvalue weighted by Crippen LogP contribution is -1.97. The molecule has 0 fully saturated rings. The van der Waals surface area contributed by atoms with Gasteiger partial charge in [-0.15, -0.1) is 0 Å². The maximum Gasteiger partial charge on any atom is 0.0790 e. The molecule has 1 aromatic carbocycles. The van der Waals surface area contributed by atoms with E-state index >= 15 is 0 Å². The molecular weight excluding hydrogens is 210 g/mol. The zero-order valence-corrected chi connectivity index (χ0v) is 10.3. The molecule has 1 aromatic heterocycles. The molecule has 0 saturated carbocycles. The fourth-order valence-electron chi connectivity index (χ4n) is 2.06. The molecule has 0 saturated heterocycles. The Morgan fingerprint density at radius 2 is 2.12 bits per heavy atom. The second-order valence-electron chi connectivity index (χ2n) is 4.47. The van der Waals surface area contributed by atoms with E-state index in [4.69, 9.17) is 0 Å². The normalized spacial score (nSPS) is 12.8. The maximum absolute atomic E-state index is 10.1. The van der Waals surface area contributed by atoms with Gasteiger partial charge in [-0.1, -0.05) is 38.3 Å². The summed E-state index contributed by atoms with van der Waals surface area (Å²) in [5.74, 6) is 0. The Morgan fingerprint density at radius 3 is 2.94 bits per heavy atom. The molecule has 2 aromatic rings. The van der Waals surface area contributed by atoms with Crippen LogP contribution >= 0.6 is 0 Å². The van der Waals surface area contributed by atoms with Crippen molar-refractivity contribution in [3.63, 3.8) is 0 Å². The van der Waals surface area contributed by atoms with Gasteiger partial charge >= 0.3 is 0 Å². The van der Waals surface area contributed by atoms with Crippen molar-refractivity contribution in [2.75, 3.05) is 0 Å². The third kappa shape index (κ3) is 3.04. The van der Waals surface area contributed by atoms with E-state index in [0.29, 0.717) is 0 Å². The summed E-state index contributed by atoms with van der Waals surface area (Å²) in [4.78, 5) is 4.28. The third-order valence-corrected chi connectivity index (χ3v) is 3.09. The Kier molecular flexibility index (Phi) is 4.10. The van der Waals surface area contributed by atoms with E-state index in [1.807, 2.05) is 30.3 Å². The van der Waals surface area contributed by atoms with E-state index in [1.165, 1.54) is 12.8 Å². The predicted molar refractivity (Wildman–Crippen MR) is 70.8 cm³/mol. The monoisotopic (exact) mass is 229 g/mol. The molecule has 1 N–H and O–H groups in total. The number of hydrogen-bond acceptors (Lipinski definition) is 2. The summed E-state index contributed by atoms with van der Waals surface area (Å²) in [6.45, 7) is 2.17. The highest BCUT2D eigenvalue weighted by atomic mass is 16.3. The van der Waals surface area contributed by atoms with Crippen molar-refractivity contribution in [2.24, 2.45) is 0 Å². The number of aliphatic hydroxyl groups is 1. The van der Waals surface area contributed by atoms with Gasteiger partial charge in [0.05, 0.1) is 11.6 Å². The highest BCUT2D eigenvalue weighted by Crippen LogP contribution is 2.23. The summed E-state index contributed by atoms with van der Waals surface area (Å²) in [5.41, 5.74) is 1.98. The van der Waals surface area contributed by atoms with Gasteiger partial charge in [0.1, 0.15) is 0 Å². The summed E-state index contributed by atoms with van der Waals surface area (Å²) in [7, 11) is 0. The Balaban J connectivity index is 2.12. The van der Waals surface area contributed by atoms with Crippen LogP contribution in [0.2, 0.25) is 0 Å². The predicted octanol–water partition coefficient (Wildman–Crippen LogP) is 3.85. The van der Waals surface area contributed by atoms with E-state index in [-0.39, 0.29) is 6.10 Å². The molecule has 0 aliphatic carbocycles. The second kappa shape index (κ2) is 5.78. The van der Waals surface area contributed by atoms with Crippen LogP contribution in [0.1, 0.15) is 44.3 Å². The van der Waals surface area contributed by atoms with Gasteiger partial charge in [-0.3, -0.25) is 4.98 Å². The minimum absolute atomic E-state index is 0.342.